The van der Waals surface area contributed by atoms with Crippen molar-refractivity contribution in [1.82, 2.24) is 15.1 Å². The van der Waals surface area contributed by atoms with Crippen molar-refractivity contribution in [2.75, 3.05) is 0 Å². The Balaban J connectivity index is 1.71. The number of aliphatic hydroxyl groups is 1. The van der Waals surface area contributed by atoms with Gasteiger partial charge in [0.05, 0.1) is 17.9 Å². The van der Waals surface area contributed by atoms with Crippen molar-refractivity contribution in [3.8, 4) is 0 Å². The molecule has 7 heteroatoms. The molecule has 1 aliphatic rings. The monoisotopic (exact) mass is 359 g/mol. The first-order valence-corrected chi connectivity index (χ1v) is 8.08. The summed E-state index contributed by atoms with van der Waals surface area (Å²) >= 11 is 5.89. The van der Waals surface area contributed by atoms with E-state index in [1.54, 1.807) is 29.0 Å². The highest BCUT2D eigenvalue weighted by Crippen LogP contribution is 2.25. The maximum Gasteiger partial charge on any atom is 0.291 e. The van der Waals surface area contributed by atoms with E-state index in [0.717, 1.165) is 11.4 Å². The number of aryl methyl sites for hydroxylation is 2. The van der Waals surface area contributed by atoms with Gasteiger partial charge in [-0.3, -0.25) is 9.48 Å². The molecule has 0 radical (unpaired) electrons. The molecular weight excluding hydrogens is 342 g/mol. The summed E-state index contributed by atoms with van der Waals surface area (Å²) in [4.78, 5) is 12.3. The van der Waals surface area contributed by atoms with E-state index >= 15 is 0 Å². The van der Waals surface area contributed by atoms with Crippen LogP contribution in [0.15, 0.2) is 57.6 Å². The molecule has 0 spiro atoms. The number of amides is 1. The van der Waals surface area contributed by atoms with E-state index in [2.05, 4.69) is 17.0 Å². The van der Waals surface area contributed by atoms with Crippen molar-refractivity contribution in [1.29, 1.82) is 0 Å². The third-order valence-electron chi connectivity index (χ3n) is 3.89. The van der Waals surface area contributed by atoms with Crippen molar-refractivity contribution in [2.24, 2.45) is 0 Å². The van der Waals surface area contributed by atoms with Crippen molar-refractivity contribution >= 4 is 17.5 Å². The van der Waals surface area contributed by atoms with Gasteiger partial charge in [0, 0.05) is 10.7 Å². The van der Waals surface area contributed by atoms with Gasteiger partial charge in [0.1, 0.15) is 11.9 Å². The molecule has 0 saturated heterocycles. The lowest BCUT2D eigenvalue weighted by Crippen LogP contribution is -2.31. The van der Waals surface area contributed by atoms with E-state index in [1.165, 1.54) is 0 Å². The summed E-state index contributed by atoms with van der Waals surface area (Å²) in [5.41, 5.74) is 2.57. The molecule has 0 saturated carbocycles. The normalized spacial score (nSPS) is 17.3. The van der Waals surface area contributed by atoms with Gasteiger partial charge in [-0.1, -0.05) is 18.2 Å². The Kier molecular flexibility index (Phi) is 4.65. The number of furan rings is 1. The first-order chi connectivity index (χ1) is 11.8. The van der Waals surface area contributed by atoms with E-state index in [1.807, 2.05) is 19.9 Å². The van der Waals surface area contributed by atoms with Gasteiger partial charge >= 0.3 is 0 Å². The summed E-state index contributed by atoms with van der Waals surface area (Å²) in [6, 6.07) is 5.29. The predicted molar refractivity (Wildman–Crippen MR) is 94.1 cm³/mol. The molecule has 0 aliphatic heterocycles. The average molecular weight is 360 g/mol. The molecule has 2 heterocycles. The van der Waals surface area contributed by atoms with E-state index in [4.69, 9.17) is 16.0 Å². The molecule has 25 heavy (non-hydrogen) atoms. The number of aromatic nitrogens is 2. The molecule has 6 nitrogen and oxygen atoms in total. The van der Waals surface area contributed by atoms with E-state index < -0.39 is 12.0 Å². The van der Waals surface area contributed by atoms with Crippen molar-refractivity contribution in [3.63, 3.8) is 0 Å². The Morgan fingerprint density at radius 3 is 2.88 bits per heavy atom. The van der Waals surface area contributed by atoms with Gasteiger partial charge in [-0.2, -0.15) is 5.10 Å². The minimum absolute atomic E-state index is 0.149. The molecule has 0 bridgehead atoms. The lowest BCUT2D eigenvalue weighted by molar-refractivity contribution is 0.0924. The summed E-state index contributed by atoms with van der Waals surface area (Å²) in [7, 11) is 0. The van der Waals surface area contributed by atoms with E-state index in [9.17, 15) is 9.90 Å². The van der Waals surface area contributed by atoms with Gasteiger partial charge in [0.25, 0.3) is 5.91 Å². The van der Waals surface area contributed by atoms with Gasteiger partial charge in [-0.05, 0) is 49.8 Å². The molecule has 1 atom stereocenters. The predicted octanol–water partition coefficient (Wildman–Crippen LogP) is 2.81. The Morgan fingerprint density at radius 2 is 2.20 bits per heavy atom. The molecule has 1 unspecified atom stereocenters. The number of rotatable bonds is 4. The molecule has 0 fully saturated rings. The third kappa shape index (κ3) is 3.60. The van der Waals surface area contributed by atoms with Crippen LogP contribution < -0.4 is 5.32 Å². The summed E-state index contributed by atoms with van der Waals surface area (Å²) in [6.07, 6.45) is 2.06. The molecule has 1 aliphatic carbocycles. The maximum absolute atomic E-state index is 12.3. The van der Waals surface area contributed by atoms with Crippen LogP contribution in [0, 0.1) is 13.8 Å². The van der Waals surface area contributed by atoms with Crippen LogP contribution in [-0.2, 0) is 6.54 Å². The molecule has 3 rings (SSSR count). The number of carbonyl (C=O) groups is 1. The Labute approximate surface area is 150 Å². The number of halogens is 1. The number of carbonyl (C=O) groups excluding carboxylic acids is 1. The van der Waals surface area contributed by atoms with E-state index in [-0.39, 0.29) is 5.76 Å². The topological polar surface area (TPSA) is 80.3 Å². The van der Waals surface area contributed by atoms with Crippen molar-refractivity contribution in [3.05, 3.63) is 76.1 Å². The largest absolute Gasteiger partial charge is 0.454 e. The average Bonchev–Trinajstić information content (AvgIpc) is 3.15. The quantitative estimate of drug-likeness (QED) is 0.879. The van der Waals surface area contributed by atoms with Crippen molar-refractivity contribution in [2.45, 2.75) is 26.5 Å². The second kappa shape index (κ2) is 6.74. The Bertz CT molecular complexity index is 905. The fraction of sp³-hybridized carbons (Fsp3) is 0.222. The highest BCUT2D eigenvalue weighted by Gasteiger charge is 2.23. The zero-order valence-corrected chi connectivity index (χ0v) is 14.7. The molecule has 2 aromatic rings. The highest BCUT2D eigenvalue weighted by molar-refractivity contribution is 6.32. The molecule has 130 valence electrons. The summed E-state index contributed by atoms with van der Waals surface area (Å²) in [6.45, 7) is 8.01. The van der Waals surface area contributed by atoms with Crippen LogP contribution in [0.25, 0.3) is 0 Å². The van der Waals surface area contributed by atoms with Crippen LogP contribution in [0.5, 0.6) is 0 Å². The Morgan fingerprint density at radius 1 is 1.44 bits per heavy atom. The number of hydrogen-bond acceptors (Lipinski definition) is 4. The highest BCUT2D eigenvalue weighted by atomic mass is 35.5. The number of hydrogen-bond donors (Lipinski definition) is 2. The van der Waals surface area contributed by atoms with E-state index in [0.29, 0.717) is 28.6 Å². The van der Waals surface area contributed by atoms with Crippen LogP contribution in [0.2, 0.25) is 0 Å². The first-order valence-electron chi connectivity index (χ1n) is 7.71. The lowest BCUT2D eigenvalue weighted by Gasteiger charge is -2.20. The van der Waals surface area contributed by atoms with Crippen LogP contribution in [0.3, 0.4) is 0 Å². The number of aliphatic hydroxyl groups excluding tert-OH is 1. The van der Waals surface area contributed by atoms with Crippen LogP contribution in [0.4, 0.5) is 0 Å². The Hall–Kier alpha value is -2.57. The summed E-state index contributed by atoms with van der Waals surface area (Å²) < 4.78 is 7.40. The van der Waals surface area contributed by atoms with Crippen LogP contribution in [0.1, 0.15) is 27.7 Å². The second-order valence-corrected chi connectivity index (χ2v) is 6.28. The zero-order valence-electron chi connectivity index (χ0n) is 13.9. The summed E-state index contributed by atoms with van der Waals surface area (Å²) in [5.74, 6) is 0.307. The minimum Gasteiger partial charge on any atom is -0.454 e. The standard InChI is InChI=1S/C18H18ClN3O3/c1-10-8-11(2)22(21-10)9-13-4-7-16(25-13)18(24)20-15-6-5-14(19)12(3)17(15)23/h4-8,17,23H,3,9H2,1-2H3,(H,20,24). The van der Waals surface area contributed by atoms with Gasteiger partial charge in [-0.25, -0.2) is 0 Å². The SMILES string of the molecule is C=C1C(Cl)=CC=C(NC(=O)c2ccc(Cn3nc(C)cc3C)o2)C1O. The molecule has 2 aromatic heterocycles. The first kappa shape index (κ1) is 17.3. The van der Waals surface area contributed by atoms with Crippen LogP contribution in [-0.4, -0.2) is 26.9 Å². The fourth-order valence-corrected chi connectivity index (χ4v) is 2.72. The van der Waals surface area contributed by atoms with Gasteiger partial charge in [0.15, 0.2) is 5.76 Å². The van der Waals surface area contributed by atoms with Gasteiger partial charge < -0.3 is 14.8 Å². The molecule has 0 aromatic carbocycles. The maximum atomic E-state index is 12.3. The molecular formula is C18H18ClN3O3. The van der Waals surface area contributed by atoms with Gasteiger partial charge in [0.2, 0.25) is 0 Å². The lowest BCUT2D eigenvalue weighted by atomic mass is 10.0. The smallest absolute Gasteiger partial charge is 0.291 e. The summed E-state index contributed by atoms with van der Waals surface area (Å²) in [5, 5.41) is 17.4. The number of nitrogens with zero attached hydrogens (tertiary/aromatic N) is 2. The number of nitrogens with one attached hydrogen (secondary N) is 1. The minimum atomic E-state index is -1.05. The number of allylic oxidation sites excluding steroid dienone is 2. The fourth-order valence-electron chi connectivity index (χ4n) is 2.55. The van der Waals surface area contributed by atoms with Crippen LogP contribution >= 0.6 is 11.6 Å². The van der Waals surface area contributed by atoms with Crippen molar-refractivity contribution < 1.29 is 14.3 Å². The van der Waals surface area contributed by atoms with Gasteiger partial charge in [-0.15, -0.1) is 0 Å². The molecule has 1 amide bonds. The second-order valence-electron chi connectivity index (χ2n) is 5.87. The zero-order chi connectivity index (χ0) is 18.1. The molecule has 2 N–H and O–H groups in total. The third-order valence-corrected chi connectivity index (χ3v) is 4.26.